The van der Waals surface area contributed by atoms with Crippen molar-refractivity contribution in [3.63, 3.8) is 0 Å². The molecule has 0 spiro atoms. The Morgan fingerprint density at radius 1 is 0.969 bits per heavy atom. The standard InChI is InChI=1S/C27H27ClN2O2/c1-3-10-20-15-16-25(26(19-20)31-2)32-18-9-8-17-30-24-14-7-6-13-23(24)29-27(30)21-11-4-5-12-22(21)28/h3-7,10-16,19H,8-9,17-18H2,1-2H3/b10-3+. The lowest BCUT2D eigenvalue weighted by Crippen LogP contribution is -2.05. The highest BCUT2D eigenvalue weighted by Crippen LogP contribution is 2.31. The summed E-state index contributed by atoms with van der Waals surface area (Å²) >= 11 is 6.48. The molecule has 0 aliphatic carbocycles. The summed E-state index contributed by atoms with van der Waals surface area (Å²) in [7, 11) is 1.67. The molecule has 0 saturated heterocycles. The van der Waals surface area contributed by atoms with Gasteiger partial charge < -0.3 is 14.0 Å². The van der Waals surface area contributed by atoms with Crippen LogP contribution in [0.25, 0.3) is 28.5 Å². The third kappa shape index (κ3) is 4.81. The molecule has 0 unspecified atom stereocenters. The largest absolute Gasteiger partial charge is 0.493 e. The normalized spacial score (nSPS) is 11.3. The predicted molar refractivity (Wildman–Crippen MR) is 133 cm³/mol. The van der Waals surface area contributed by atoms with E-state index < -0.39 is 0 Å². The lowest BCUT2D eigenvalue weighted by Gasteiger charge is -2.13. The maximum Gasteiger partial charge on any atom is 0.161 e. The molecule has 0 saturated carbocycles. The first kappa shape index (κ1) is 22.0. The summed E-state index contributed by atoms with van der Waals surface area (Å²) in [5.41, 5.74) is 4.14. The summed E-state index contributed by atoms with van der Waals surface area (Å²) in [4.78, 5) is 4.86. The molecular weight excluding hydrogens is 420 g/mol. The number of halogens is 1. The molecule has 0 fully saturated rings. The number of para-hydroxylation sites is 2. The summed E-state index contributed by atoms with van der Waals surface area (Å²) in [5, 5.41) is 0.709. The molecule has 0 aliphatic heterocycles. The quantitative estimate of drug-likeness (QED) is 0.254. The Labute approximate surface area is 194 Å². The summed E-state index contributed by atoms with van der Waals surface area (Å²) in [6.45, 7) is 3.45. The Hall–Kier alpha value is -3.24. The van der Waals surface area contributed by atoms with E-state index in [9.17, 15) is 0 Å². The molecule has 4 nitrogen and oxygen atoms in total. The molecule has 1 heterocycles. The van der Waals surface area contributed by atoms with E-state index in [1.54, 1.807) is 7.11 Å². The van der Waals surface area contributed by atoms with Gasteiger partial charge in [0, 0.05) is 12.1 Å². The highest BCUT2D eigenvalue weighted by Gasteiger charge is 2.14. The fraction of sp³-hybridized carbons (Fsp3) is 0.222. The van der Waals surface area contributed by atoms with Crippen LogP contribution in [0.15, 0.2) is 72.8 Å². The maximum absolute atomic E-state index is 6.48. The number of unbranched alkanes of at least 4 members (excludes halogenated alkanes) is 1. The molecule has 1 aromatic heterocycles. The van der Waals surface area contributed by atoms with Crippen molar-refractivity contribution in [1.82, 2.24) is 9.55 Å². The van der Waals surface area contributed by atoms with Crippen LogP contribution in [0.5, 0.6) is 11.5 Å². The van der Waals surface area contributed by atoms with E-state index in [1.165, 1.54) is 0 Å². The van der Waals surface area contributed by atoms with Gasteiger partial charge in [-0.05, 0) is 61.7 Å². The lowest BCUT2D eigenvalue weighted by molar-refractivity contribution is 0.284. The number of nitrogens with zero attached hydrogens (tertiary/aromatic N) is 2. The number of aryl methyl sites for hydroxylation is 1. The number of aromatic nitrogens is 2. The van der Waals surface area contributed by atoms with Crippen molar-refractivity contribution in [2.75, 3.05) is 13.7 Å². The summed E-state index contributed by atoms with van der Waals surface area (Å²) < 4.78 is 13.7. The molecule has 0 aliphatic rings. The smallest absolute Gasteiger partial charge is 0.161 e. The third-order valence-corrected chi connectivity index (χ3v) is 5.68. The minimum absolute atomic E-state index is 0.618. The van der Waals surface area contributed by atoms with Crippen LogP contribution in [-0.2, 0) is 6.54 Å². The number of allylic oxidation sites excluding steroid dienone is 1. The summed E-state index contributed by atoms with van der Waals surface area (Å²) in [6.07, 6.45) is 5.91. The Bertz CT molecular complexity index is 1230. The fourth-order valence-electron chi connectivity index (χ4n) is 3.80. The second-order valence-corrected chi connectivity index (χ2v) is 7.93. The number of hydrogen-bond acceptors (Lipinski definition) is 3. The molecule has 4 rings (SSSR count). The average Bonchev–Trinajstić information content (AvgIpc) is 3.18. The van der Waals surface area contributed by atoms with Crippen LogP contribution in [0, 0.1) is 0 Å². The van der Waals surface area contributed by atoms with Crippen molar-refractivity contribution < 1.29 is 9.47 Å². The Balaban J connectivity index is 1.44. The van der Waals surface area contributed by atoms with Crippen LogP contribution in [-0.4, -0.2) is 23.3 Å². The number of benzene rings is 3. The van der Waals surface area contributed by atoms with Gasteiger partial charge in [0.05, 0.1) is 29.8 Å². The van der Waals surface area contributed by atoms with Crippen molar-refractivity contribution in [3.05, 3.63) is 83.4 Å². The zero-order valence-corrected chi connectivity index (χ0v) is 19.2. The summed E-state index contributed by atoms with van der Waals surface area (Å²) in [6, 6.07) is 22.1. The van der Waals surface area contributed by atoms with Crippen LogP contribution in [0.1, 0.15) is 25.3 Å². The van der Waals surface area contributed by atoms with Gasteiger partial charge in [-0.15, -0.1) is 0 Å². The van der Waals surface area contributed by atoms with Gasteiger partial charge in [0.2, 0.25) is 0 Å². The van der Waals surface area contributed by atoms with Gasteiger partial charge >= 0.3 is 0 Å². The molecule has 3 aromatic carbocycles. The number of ether oxygens (including phenoxy) is 2. The monoisotopic (exact) mass is 446 g/mol. The minimum atomic E-state index is 0.618. The third-order valence-electron chi connectivity index (χ3n) is 5.35. The predicted octanol–water partition coefficient (Wildman–Crippen LogP) is 7.26. The second kappa shape index (κ2) is 10.4. The first-order chi connectivity index (χ1) is 15.7. The average molecular weight is 447 g/mol. The topological polar surface area (TPSA) is 36.3 Å². The number of hydrogen-bond donors (Lipinski definition) is 0. The van der Waals surface area contributed by atoms with Gasteiger partial charge in [-0.3, -0.25) is 0 Å². The number of methoxy groups -OCH3 is 1. The summed E-state index contributed by atoms with van der Waals surface area (Å²) in [5.74, 6) is 2.42. The van der Waals surface area contributed by atoms with Gasteiger partial charge in [-0.2, -0.15) is 0 Å². The highest BCUT2D eigenvalue weighted by atomic mass is 35.5. The van der Waals surface area contributed by atoms with Crippen molar-refractivity contribution in [2.24, 2.45) is 0 Å². The van der Waals surface area contributed by atoms with Crippen molar-refractivity contribution in [3.8, 4) is 22.9 Å². The Kier molecular flexibility index (Phi) is 7.13. The second-order valence-electron chi connectivity index (χ2n) is 7.52. The zero-order valence-electron chi connectivity index (χ0n) is 18.4. The highest BCUT2D eigenvalue weighted by molar-refractivity contribution is 6.33. The van der Waals surface area contributed by atoms with E-state index in [4.69, 9.17) is 26.1 Å². The zero-order chi connectivity index (χ0) is 22.3. The number of fused-ring (bicyclic) bond motifs is 1. The molecule has 0 bridgehead atoms. The van der Waals surface area contributed by atoms with E-state index in [0.717, 1.165) is 58.9 Å². The molecule has 0 radical (unpaired) electrons. The molecule has 5 heteroatoms. The fourth-order valence-corrected chi connectivity index (χ4v) is 4.02. The first-order valence-corrected chi connectivity index (χ1v) is 11.2. The van der Waals surface area contributed by atoms with Gasteiger partial charge in [-0.1, -0.05) is 54.1 Å². The van der Waals surface area contributed by atoms with Crippen molar-refractivity contribution >= 4 is 28.7 Å². The molecular formula is C27H27ClN2O2. The molecule has 164 valence electrons. The van der Waals surface area contributed by atoms with Crippen LogP contribution >= 0.6 is 11.6 Å². The van der Waals surface area contributed by atoms with Gasteiger partial charge in [0.1, 0.15) is 5.82 Å². The van der Waals surface area contributed by atoms with Crippen LogP contribution in [0.4, 0.5) is 0 Å². The van der Waals surface area contributed by atoms with E-state index in [-0.39, 0.29) is 0 Å². The van der Waals surface area contributed by atoms with E-state index in [2.05, 4.69) is 10.6 Å². The number of rotatable bonds is 9. The lowest BCUT2D eigenvalue weighted by atomic mass is 10.2. The van der Waals surface area contributed by atoms with E-state index >= 15 is 0 Å². The molecule has 0 amide bonds. The minimum Gasteiger partial charge on any atom is -0.493 e. The molecule has 4 aromatic rings. The van der Waals surface area contributed by atoms with E-state index in [0.29, 0.717) is 11.6 Å². The molecule has 32 heavy (non-hydrogen) atoms. The van der Waals surface area contributed by atoms with Crippen LogP contribution in [0.3, 0.4) is 0 Å². The SMILES string of the molecule is C/C=C/c1ccc(OCCCCn2c(-c3ccccc3Cl)nc3ccccc32)c(OC)c1. The molecule has 0 atom stereocenters. The number of imidazole rings is 1. The van der Waals surface area contributed by atoms with Gasteiger partial charge in [0.15, 0.2) is 11.5 Å². The van der Waals surface area contributed by atoms with Gasteiger partial charge in [-0.25, -0.2) is 4.98 Å². The van der Waals surface area contributed by atoms with Crippen molar-refractivity contribution in [1.29, 1.82) is 0 Å². The first-order valence-electron chi connectivity index (χ1n) is 10.8. The van der Waals surface area contributed by atoms with Gasteiger partial charge in [0.25, 0.3) is 0 Å². The van der Waals surface area contributed by atoms with Crippen molar-refractivity contribution in [2.45, 2.75) is 26.3 Å². The maximum atomic E-state index is 6.48. The Morgan fingerprint density at radius 3 is 2.59 bits per heavy atom. The van der Waals surface area contributed by atoms with E-state index in [1.807, 2.05) is 79.7 Å². The van der Waals surface area contributed by atoms with Crippen LogP contribution in [0.2, 0.25) is 5.02 Å². The Morgan fingerprint density at radius 2 is 1.78 bits per heavy atom. The molecule has 0 N–H and O–H groups in total. The van der Waals surface area contributed by atoms with Crippen LogP contribution < -0.4 is 9.47 Å².